The van der Waals surface area contributed by atoms with Crippen molar-refractivity contribution >= 4 is 0 Å². The summed E-state index contributed by atoms with van der Waals surface area (Å²) in [7, 11) is 0. The van der Waals surface area contributed by atoms with E-state index in [0.717, 1.165) is 36.1 Å². The molecule has 1 aromatic rings. The van der Waals surface area contributed by atoms with Gasteiger partial charge in [-0.1, -0.05) is 13.3 Å². The Hall–Kier alpha value is -1.25. The van der Waals surface area contributed by atoms with E-state index < -0.39 is 5.67 Å². The zero-order valence-corrected chi connectivity index (χ0v) is 14.1. The molecule has 1 saturated carbocycles. The van der Waals surface area contributed by atoms with Crippen LogP contribution in [0.4, 0.5) is 4.39 Å². The molecule has 1 fully saturated rings. The Morgan fingerprint density at radius 2 is 2.05 bits per heavy atom. The number of fused-ring (bicyclic) bond motifs is 3. The summed E-state index contributed by atoms with van der Waals surface area (Å²) in [6.45, 7) is 8.00. The van der Waals surface area contributed by atoms with Crippen molar-refractivity contribution in [1.29, 1.82) is 0 Å². The molecule has 1 heterocycles. The van der Waals surface area contributed by atoms with Crippen LogP contribution in [0, 0.1) is 5.92 Å². The quantitative estimate of drug-likeness (QED) is 0.821. The van der Waals surface area contributed by atoms with E-state index in [1.807, 2.05) is 12.1 Å². The molecule has 0 bridgehead atoms. The van der Waals surface area contributed by atoms with Gasteiger partial charge in [0, 0.05) is 17.4 Å². The molecule has 22 heavy (non-hydrogen) atoms. The van der Waals surface area contributed by atoms with E-state index in [-0.39, 0.29) is 23.2 Å². The van der Waals surface area contributed by atoms with Gasteiger partial charge in [0.05, 0.1) is 0 Å². The normalized spacial score (nSPS) is 32.8. The molecule has 1 N–H and O–H groups in total. The highest BCUT2D eigenvalue weighted by atomic mass is 19.1. The maximum atomic E-state index is 14.6. The predicted molar refractivity (Wildman–Crippen MR) is 86.4 cm³/mol. The lowest BCUT2D eigenvalue weighted by Crippen LogP contribution is -2.49. The molecule has 1 aliphatic carbocycles. The first-order chi connectivity index (χ1) is 10.2. The van der Waals surface area contributed by atoms with Crippen molar-refractivity contribution in [3.05, 3.63) is 23.3 Å². The Bertz CT molecular complexity index is 577. The Labute approximate surface area is 132 Å². The lowest BCUT2D eigenvalue weighted by Gasteiger charge is -2.50. The fraction of sp³-hybridized carbons (Fsp3) is 0.684. The highest BCUT2D eigenvalue weighted by Crippen LogP contribution is 2.56. The number of ether oxygens (including phenoxy) is 1. The van der Waals surface area contributed by atoms with E-state index in [4.69, 9.17) is 4.74 Å². The van der Waals surface area contributed by atoms with Crippen LogP contribution in [0.5, 0.6) is 11.5 Å². The van der Waals surface area contributed by atoms with Gasteiger partial charge in [-0.15, -0.1) is 0 Å². The number of phenols is 1. The molecule has 2 aliphatic rings. The van der Waals surface area contributed by atoms with Crippen molar-refractivity contribution in [2.45, 2.75) is 77.0 Å². The standard InChI is InChI=1S/C19H27FO2/c1-5-6-12-9-15(21)17-13-11-19(4,20)8-7-14(13)18(2,3)22-16(17)10-12/h9-10,13-14,21H,5-8,11H2,1-4H3/t13?,14?,19-/m1/s1. The molecule has 0 radical (unpaired) electrons. The van der Waals surface area contributed by atoms with Crippen molar-refractivity contribution in [3.8, 4) is 11.5 Å². The minimum Gasteiger partial charge on any atom is -0.508 e. The fourth-order valence-electron chi connectivity index (χ4n) is 4.41. The summed E-state index contributed by atoms with van der Waals surface area (Å²) in [4.78, 5) is 0. The van der Waals surface area contributed by atoms with Crippen molar-refractivity contribution in [2.75, 3.05) is 0 Å². The zero-order chi connectivity index (χ0) is 16.1. The van der Waals surface area contributed by atoms with Gasteiger partial charge < -0.3 is 9.84 Å². The third kappa shape index (κ3) is 2.59. The summed E-state index contributed by atoms with van der Waals surface area (Å²) in [5.74, 6) is 1.33. The van der Waals surface area contributed by atoms with Crippen molar-refractivity contribution in [2.24, 2.45) is 5.92 Å². The molecule has 0 amide bonds. The van der Waals surface area contributed by atoms with Gasteiger partial charge in [-0.3, -0.25) is 0 Å². The lowest BCUT2D eigenvalue weighted by molar-refractivity contribution is -0.0382. The largest absolute Gasteiger partial charge is 0.508 e. The molecule has 0 aromatic heterocycles. The molecule has 0 spiro atoms. The Kier molecular flexibility index (Phi) is 3.65. The monoisotopic (exact) mass is 306 g/mol. The van der Waals surface area contributed by atoms with Crippen LogP contribution in [0.15, 0.2) is 12.1 Å². The highest BCUT2D eigenvalue weighted by Gasteiger charge is 2.50. The highest BCUT2D eigenvalue weighted by molar-refractivity contribution is 5.52. The van der Waals surface area contributed by atoms with Gasteiger partial charge >= 0.3 is 0 Å². The average Bonchev–Trinajstić information content (AvgIpc) is 2.35. The van der Waals surface area contributed by atoms with E-state index in [9.17, 15) is 9.50 Å². The van der Waals surface area contributed by atoms with E-state index in [2.05, 4.69) is 20.8 Å². The third-order valence-electron chi connectivity index (χ3n) is 5.46. The van der Waals surface area contributed by atoms with Crippen LogP contribution in [0.3, 0.4) is 0 Å². The fourth-order valence-corrected chi connectivity index (χ4v) is 4.41. The molecule has 2 unspecified atom stereocenters. The van der Waals surface area contributed by atoms with E-state index in [1.165, 1.54) is 0 Å². The van der Waals surface area contributed by atoms with Gasteiger partial charge in [0.1, 0.15) is 22.8 Å². The second kappa shape index (κ2) is 5.14. The molecule has 3 heteroatoms. The summed E-state index contributed by atoms with van der Waals surface area (Å²) < 4.78 is 20.8. The van der Waals surface area contributed by atoms with Gasteiger partial charge in [0.2, 0.25) is 0 Å². The molecular formula is C19H27FO2. The number of alkyl halides is 1. The van der Waals surface area contributed by atoms with Gasteiger partial charge in [-0.2, -0.15) is 0 Å². The summed E-state index contributed by atoms with van der Waals surface area (Å²) in [5, 5.41) is 10.5. The number of aromatic hydroxyl groups is 1. The van der Waals surface area contributed by atoms with Crippen LogP contribution in [0.2, 0.25) is 0 Å². The number of benzene rings is 1. The van der Waals surface area contributed by atoms with Gasteiger partial charge in [-0.25, -0.2) is 4.39 Å². The first-order valence-electron chi connectivity index (χ1n) is 8.47. The molecule has 1 aromatic carbocycles. The minimum absolute atomic E-state index is 0.0400. The van der Waals surface area contributed by atoms with E-state index in [0.29, 0.717) is 12.8 Å². The smallest absolute Gasteiger partial charge is 0.127 e. The Morgan fingerprint density at radius 1 is 1.32 bits per heavy atom. The van der Waals surface area contributed by atoms with Crippen LogP contribution in [-0.2, 0) is 6.42 Å². The second-order valence-electron chi connectivity index (χ2n) is 7.85. The number of halogens is 1. The third-order valence-corrected chi connectivity index (χ3v) is 5.46. The van der Waals surface area contributed by atoms with Crippen LogP contribution in [0.25, 0.3) is 0 Å². The average molecular weight is 306 g/mol. The van der Waals surface area contributed by atoms with Gasteiger partial charge in [-0.05, 0) is 64.2 Å². The predicted octanol–water partition coefficient (Wildman–Crippen LogP) is 5.13. The van der Waals surface area contributed by atoms with Crippen LogP contribution >= 0.6 is 0 Å². The van der Waals surface area contributed by atoms with E-state index in [1.54, 1.807) is 6.92 Å². The number of phenolic OH excluding ortho intramolecular Hbond substituents is 1. The summed E-state index contributed by atoms with van der Waals surface area (Å²) >= 11 is 0. The van der Waals surface area contributed by atoms with Crippen molar-refractivity contribution < 1.29 is 14.2 Å². The SMILES string of the molecule is CCCc1cc(O)c2c(c1)OC(C)(C)C1CC[C@@](C)(F)CC21. The summed E-state index contributed by atoms with van der Waals surface area (Å²) in [6, 6.07) is 3.88. The molecule has 3 atom stereocenters. The Balaban J connectivity index is 2.08. The first-order valence-corrected chi connectivity index (χ1v) is 8.47. The van der Waals surface area contributed by atoms with Crippen molar-refractivity contribution in [1.82, 2.24) is 0 Å². The number of rotatable bonds is 2. The molecule has 2 nitrogen and oxygen atoms in total. The van der Waals surface area contributed by atoms with E-state index >= 15 is 0 Å². The number of hydrogen-bond donors (Lipinski definition) is 1. The molecule has 3 rings (SSSR count). The number of hydrogen-bond acceptors (Lipinski definition) is 2. The van der Waals surface area contributed by atoms with Crippen molar-refractivity contribution in [3.63, 3.8) is 0 Å². The van der Waals surface area contributed by atoms with Gasteiger partial charge in [0.15, 0.2) is 0 Å². The second-order valence-corrected chi connectivity index (χ2v) is 7.85. The van der Waals surface area contributed by atoms with Crippen LogP contribution in [0.1, 0.15) is 70.4 Å². The summed E-state index contributed by atoms with van der Waals surface area (Å²) in [5.41, 5.74) is 0.450. The van der Waals surface area contributed by atoms with Crippen LogP contribution in [-0.4, -0.2) is 16.4 Å². The maximum absolute atomic E-state index is 14.6. The molecular weight excluding hydrogens is 279 g/mol. The Morgan fingerprint density at radius 3 is 2.73 bits per heavy atom. The van der Waals surface area contributed by atoms with Gasteiger partial charge in [0.25, 0.3) is 0 Å². The summed E-state index contributed by atoms with van der Waals surface area (Å²) in [6.07, 6.45) is 3.79. The molecule has 122 valence electrons. The first kappa shape index (κ1) is 15.6. The minimum atomic E-state index is -1.15. The lowest BCUT2D eigenvalue weighted by atomic mass is 9.63. The van der Waals surface area contributed by atoms with Crippen LogP contribution < -0.4 is 4.74 Å². The molecule has 0 saturated heterocycles. The zero-order valence-electron chi connectivity index (χ0n) is 14.1. The topological polar surface area (TPSA) is 29.5 Å². The maximum Gasteiger partial charge on any atom is 0.127 e. The molecule has 1 aliphatic heterocycles. The number of aryl methyl sites for hydroxylation is 1.